The average Bonchev–Trinajstić information content (AvgIpc) is 2.21. The van der Waals surface area contributed by atoms with Crippen LogP contribution in [0.3, 0.4) is 0 Å². The lowest BCUT2D eigenvalue weighted by Crippen LogP contribution is -1.84. The summed E-state index contributed by atoms with van der Waals surface area (Å²) < 4.78 is 12.9. The van der Waals surface area contributed by atoms with Gasteiger partial charge < -0.3 is 0 Å². The fourth-order valence-electron chi connectivity index (χ4n) is 0.632. The summed E-state index contributed by atoms with van der Waals surface area (Å²) in [5, 5.41) is 8.29. The Kier molecular flexibility index (Phi) is 9.53. The average molecular weight is 181 g/mol. The zero-order chi connectivity index (χ0) is 10.9. The quantitative estimate of drug-likeness (QED) is 0.478. The Labute approximate surface area is 79.9 Å². The van der Waals surface area contributed by atoms with Crippen molar-refractivity contribution in [1.29, 1.82) is 5.26 Å². The summed E-state index contributed by atoms with van der Waals surface area (Å²) in [6.07, 6.45) is 1.92. The fourth-order valence-corrected chi connectivity index (χ4v) is 0.632. The summed E-state index contributed by atoms with van der Waals surface area (Å²) in [7, 11) is 0. The molecule has 1 nitrogen and oxygen atoms in total. The maximum absolute atomic E-state index is 12.9. The van der Waals surface area contributed by atoms with Crippen molar-refractivity contribution in [2.75, 3.05) is 0 Å². The third-order valence-electron chi connectivity index (χ3n) is 1.31. The summed E-state index contributed by atoms with van der Waals surface area (Å²) in [4.78, 5) is 0. The fraction of sp³-hybridized carbons (Fsp3) is 0.364. The van der Waals surface area contributed by atoms with E-state index in [1.807, 2.05) is 13.8 Å². The van der Waals surface area contributed by atoms with Crippen LogP contribution in [0, 0.1) is 11.3 Å². The van der Waals surface area contributed by atoms with Gasteiger partial charge >= 0.3 is 0 Å². The Morgan fingerprint density at radius 2 is 2.00 bits per heavy atom. The van der Waals surface area contributed by atoms with E-state index in [4.69, 9.17) is 5.26 Å². The molecule has 0 aliphatic rings. The highest BCUT2D eigenvalue weighted by Crippen LogP contribution is 2.17. The number of hydrogen-bond donors (Lipinski definition) is 0. The van der Waals surface area contributed by atoms with Gasteiger partial charge in [0.25, 0.3) is 0 Å². The predicted molar refractivity (Wildman–Crippen MR) is 54.7 cm³/mol. The molecule has 0 aliphatic carbocycles. The van der Waals surface area contributed by atoms with Gasteiger partial charge in [0.05, 0.1) is 5.57 Å². The summed E-state index contributed by atoms with van der Waals surface area (Å²) in [5.41, 5.74) is 0.290. The van der Waals surface area contributed by atoms with E-state index in [0.29, 0.717) is 12.0 Å². The van der Waals surface area contributed by atoms with Crippen molar-refractivity contribution in [3.05, 3.63) is 36.2 Å². The third-order valence-corrected chi connectivity index (χ3v) is 1.31. The third kappa shape index (κ3) is 4.97. The first kappa shape index (κ1) is 14.2. The minimum atomic E-state index is -0.551. The smallest absolute Gasteiger partial charge is 0.143 e. The van der Waals surface area contributed by atoms with Crippen molar-refractivity contribution in [2.24, 2.45) is 0 Å². The molecule has 0 spiro atoms. The Bertz CT molecular complexity index is 243. The highest BCUT2D eigenvalue weighted by atomic mass is 19.1. The molecule has 0 saturated heterocycles. The standard InChI is InChI=1S/C9H10FN.C2H6/c1-4-8(5-2)9(10)7(3)6-11;1-2/h4H,1,3,5H2,2H3;1-2H3/b9-8-;. The molecule has 13 heavy (non-hydrogen) atoms. The first-order valence-electron chi connectivity index (χ1n) is 4.27. The second kappa shape index (κ2) is 8.73. The van der Waals surface area contributed by atoms with Gasteiger partial charge in [0.1, 0.15) is 11.9 Å². The molecule has 0 bridgehead atoms. The van der Waals surface area contributed by atoms with Crippen LogP contribution in [0.4, 0.5) is 4.39 Å². The number of nitriles is 1. The zero-order valence-electron chi connectivity index (χ0n) is 8.52. The molecule has 0 aromatic rings. The van der Waals surface area contributed by atoms with Gasteiger partial charge in [-0.2, -0.15) is 5.26 Å². The van der Waals surface area contributed by atoms with Crippen LogP contribution >= 0.6 is 0 Å². The molecule has 0 saturated carbocycles. The molecular formula is C11H16FN. The van der Waals surface area contributed by atoms with Crippen LogP contribution in [0.2, 0.25) is 0 Å². The first-order valence-corrected chi connectivity index (χ1v) is 4.27. The molecule has 0 aliphatic heterocycles. The van der Waals surface area contributed by atoms with Crippen molar-refractivity contribution in [1.82, 2.24) is 0 Å². The van der Waals surface area contributed by atoms with Crippen LogP contribution in [0.1, 0.15) is 27.2 Å². The lowest BCUT2D eigenvalue weighted by Gasteiger charge is -1.97. The highest BCUT2D eigenvalue weighted by molar-refractivity contribution is 5.41. The van der Waals surface area contributed by atoms with E-state index in [2.05, 4.69) is 13.2 Å². The minimum Gasteiger partial charge on any atom is -0.205 e. The molecule has 2 heteroatoms. The van der Waals surface area contributed by atoms with Crippen molar-refractivity contribution in [2.45, 2.75) is 27.2 Å². The van der Waals surface area contributed by atoms with Gasteiger partial charge in [0.2, 0.25) is 0 Å². The van der Waals surface area contributed by atoms with E-state index in [-0.39, 0.29) is 5.57 Å². The topological polar surface area (TPSA) is 23.8 Å². The SMILES string of the molecule is C=C/C(CC)=C(/F)C(=C)C#N.CC. The van der Waals surface area contributed by atoms with Gasteiger partial charge in [0, 0.05) is 0 Å². The zero-order valence-corrected chi connectivity index (χ0v) is 8.52. The van der Waals surface area contributed by atoms with Crippen LogP contribution in [0.25, 0.3) is 0 Å². The van der Waals surface area contributed by atoms with Crippen molar-refractivity contribution < 1.29 is 4.39 Å². The van der Waals surface area contributed by atoms with Gasteiger partial charge in [-0.1, -0.05) is 40.0 Å². The van der Waals surface area contributed by atoms with E-state index in [9.17, 15) is 4.39 Å². The molecule has 0 fully saturated rings. The van der Waals surface area contributed by atoms with Crippen molar-refractivity contribution >= 4 is 0 Å². The predicted octanol–water partition coefficient (Wildman–Crippen LogP) is 3.91. The van der Waals surface area contributed by atoms with Crippen LogP contribution in [0.5, 0.6) is 0 Å². The summed E-state index contributed by atoms with van der Waals surface area (Å²) in [5.74, 6) is -0.551. The molecule has 0 amide bonds. The molecule has 0 heterocycles. The lowest BCUT2D eigenvalue weighted by molar-refractivity contribution is 0.645. The first-order chi connectivity index (χ1) is 6.17. The molecule has 0 atom stereocenters. The largest absolute Gasteiger partial charge is 0.205 e. The number of rotatable bonds is 3. The van der Waals surface area contributed by atoms with E-state index < -0.39 is 5.83 Å². The van der Waals surface area contributed by atoms with E-state index >= 15 is 0 Å². The number of allylic oxidation sites excluding steroid dienone is 4. The Morgan fingerprint density at radius 1 is 1.54 bits per heavy atom. The number of nitrogens with zero attached hydrogens (tertiary/aromatic N) is 1. The Balaban J connectivity index is 0. The molecule has 0 unspecified atom stereocenters. The normalized spacial score (nSPS) is 10.1. The van der Waals surface area contributed by atoms with Gasteiger partial charge in [-0.3, -0.25) is 0 Å². The second-order valence-corrected chi connectivity index (χ2v) is 1.99. The van der Waals surface area contributed by atoms with Crippen LogP contribution in [0.15, 0.2) is 36.2 Å². The highest BCUT2D eigenvalue weighted by Gasteiger charge is 2.04. The maximum Gasteiger partial charge on any atom is 0.143 e. The van der Waals surface area contributed by atoms with E-state index in [1.54, 1.807) is 13.0 Å². The lowest BCUT2D eigenvalue weighted by atomic mass is 10.1. The Hall–Kier alpha value is -1.36. The van der Waals surface area contributed by atoms with Crippen LogP contribution < -0.4 is 0 Å². The second-order valence-electron chi connectivity index (χ2n) is 1.99. The number of halogens is 1. The molecule has 0 radical (unpaired) electrons. The maximum atomic E-state index is 12.9. The molecule has 0 N–H and O–H groups in total. The molecule has 72 valence electrons. The van der Waals surface area contributed by atoms with Gasteiger partial charge in [-0.15, -0.1) is 0 Å². The van der Waals surface area contributed by atoms with E-state index in [0.717, 1.165) is 0 Å². The minimum absolute atomic E-state index is 0.137. The van der Waals surface area contributed by atoms with Gasteiger partial charge in [-0.25, -0.2) is 4.39 Å². The molecular weight excluding hydrogens is 165 g/mol. The summed E-state index contributed by atoms with van der Waals surface area (Å²) in [6, 6.07) is 1.64. The van der Waals surface area contributed by atoms with Gasteiger partial charge in [-0.05, 0) is 12.0 Å². The Morgan fingerprint density at radius 3 is 2.23 bits per heavy atom. The van der Waals surface area contributed by atoms with Crippen LogP contribution in [-0.4, -0.2) is 0 Å². The summed E-state index contributed by atoms with van der Waals surface area (Å²) >= 11 is 0. The molecule has 0 aromatic heterocycles. The number of hydrogen-bond acceptors (Lipinski definition) is 1. The molecule has 0 rings (SSSR count). The van der Waals surface area contributed by atoms with E-state index in [1.165, 1.54) is 6.08 Å². The molecule has 0 aromatic carbocycles. The summed E-state index contributed by atoms with van der Waals surface area (Å²) in [6.45, 7) is 12.5. The van der Waals surface area contributed by atoms with Crippen molar-refractivity contribution in [3.63, 3.8) is 0 Å². The van der Waals surface area contributed by atoms with Gasteiger partial charge in [0.15, 0.2) is 0 Å². The monoisotopic (exact) mass is 181 g/mol. The van der Waals surface area contributed by atoms with Crippen molar-refractivity contribution in [3.8, 4) is 6.07 Å². The van der Waals surface area contributed by atoms with Crippen LogP contribution in [-0.2, 0) is 0 Å².